The Morgan fingerprint density at radius 1 is 1.27 bits per heavy atom. The largest absolute Gasteiger partial charge is 0.203 e. The van der Waals surface area contributed by atoms with Crippen molar-refractivity contribution in [3.05, 3.63) is 32.9 Å². The van der Waals surface area contributed by atoms with E-state index in [0.29, 0.717) is 14.5 Å². The van der Waals surface area contributed by atoms with Gasteiger partial charge in [-0.05, 0) is 28.7 Å². The lowest BCUT2D eigenvalue weighted by molar-refractivity contribution is 0.498. The summed E-state index contributed by atoms with van der Waals surface area (Å²) < 4.78 is 25.9. The summed E-state index contributed by atoms with van der Waals surface area (Å²) in [5.74, 6) is -1.52. The molecule has 0 fully saturated rings. The molecule has 0 bridgehead atoms. The fraction of sp³-hybridized carbons (Fsp3) is 0.143. The summed E-state index contributed by atoms with van der Waals surface area (Å²) >= 11 is 4.81. The van der Waals surface area contributed by atoms with Crippen molar-refractivity contribution in [2.24, 2.45) is 0 Å². The summed E-state index contributed by atoms with van der Waals surface area (Å²) in [5.41, 5.74) is 0.350. The zero-order valence-corrected chi connectivity index (χ0v) is 9.12. The van der Waals surface area contributed by atoms with Crippen LogP contribution in [0.4, 0.5) is 8.78 Å². The molecule has 0 amide bonds. The quantitative estimate of drug-likeness (QED) is 0.420. The predicted octanol–water partition coefficient (Wildman–Crippen LogP) is 3.46. The Kier molecular flexibility index (Phi) is 3.24. The molecule has 0 aliphatic rings. The molecule has 0 unspecified atom stereocenters. The van der Waals surface area contributed by atoms with Crippen LogP contribution in [0.5, 0.6) is 0 Å². The van der Waals surface area contributed by atoms with Crippen LogP contribution in [0.15, 0.2) is 12.1 Å². The van der Waals surface area contributed by atoms with Crippen LogP contribution in [0.1, 0.15) is 5.56 Å². The number of hydrogen-bond acceptors (Lipinski definition) is 0. The van der Waals surface area contributed by atoms with Gasteiger partial charge in [-0.3, -0.25) is 0 Å². The topological polar surface area (TPSA) is 0 Å². The standard InChI is InChI=1S/C7H4BrF2I/c8-3-4-1-2-5(11)7(10)6(4)9/h1-2H,3H2. The van der Waals surface area contributed by atoms with Gasteiger partial charge in [-0.1, -0.05) is 22.0 Å². The highest BCUT2D eigenvalue weighted by atomic mass is 127. The molecular formula is C7H4BrF2I. The molecule has 0 N–H and O–H groups in total. The minimum absolute atomic E-state index is 0.310. The van der Waals surface area contributed by atoms with E-state index in [2.05, 4.69) is 15.9 Å². The maximum atomic E-state index is 12.9. The molecule has 0 saturated carbocycles. The molecule has 4 heteroatoms. The van der Waals surface area contributed by atoms with Crippen molar-refractivity contribution in [3.8, 4) is 0 Å². The fourth-order valence-corrected chi connectivity index (χ4v) is 1.52. The molecule has 1 rings (SSSR count). The Hall–Kier alpha value is 0.290. The first-order chi connectivity index (χ1) is 5.16. The average Bonchev–Trinajstić information content (AvgIpc) is 2.01. The fourth-order valence-electron chi connectivity index (χ4n) is 0.669. The van der Waals surface area contributed by atoms with Crippen LogP contribution in [0.25, 0.3) is 0 Å². The van der Waals surface area contributed by atoms with Crippen molar-refractivity contribution in [1.29, 1.82) is 0 Å². The normalized spacial score (nSPS) is 10.2. The third kappa shape index (κ3) is 1.90. The van der Waals surface area contributed by atoms with Gasteiger partial charge in [0.2, 0.25) is 0 Å². The van der Waals surface area contributed by atoms with E-state index in [0.717, 1.165) is 0 Å². The zero-order chi connectivity index (χ0) is 8.43. The number of hydrogen-bond donors (Lipinski definition) is 0. The number of benzene rings is 1. The van der Waals surface area contributed by atoms with Gasteiger partial charge in [-0.15, -0.1) is 0 Å². The maximum absolute atomic E-state index is 12.9. The first kappa shape index (κ1) is 9.38. The van der Waals surface area contributed by atoms with Crippen LogP contribution in [0.3, 0.4) is 0 Å². The van der Waals surface area contributed by atoms with E-state index >= 15 is 0 Å². The summed E-state index contributed by atoms with van der Waals surface area (Å²) in [7, 11) is 0. The van der Waals surface area contributed by atoms with Crippen LogP contribution in [0.2, 0.25) is 0 Å². The van der Waals surface area contributed by atoms with Gasteiger partial charge in [0.05, 0.1) is 3.57 Å². The Balaban J connectivity index is 3.25. The van der Waals surface area contributed by atoms with Crippen molar-refractivity contribution in [1.82, 2.24) is 0 Å². The molecule has 0 saturated heterocycles. The van der Waals surface area contributed by atoms with Crippen molar-refractivity contribution in [2.75, 3.05) is 0 Å². The molecule has 0 nitrogen and oxygen atoms in total. The Morgan fingerprint density at radius 3 is 2.45 bits per heavy atom. The first-order valence-electron chi connectivity index (χ1n) is 2.85. The van der Waals surface area contributed by atoms with E-state index in [9.17, 15) is 8.78 Å². The lowest BCUT2D eigenvalue weighted by atomic mass is 10.2. The second-order valence-corrected chi connectivity index (χ2v) is 3.69. The summed E-state index contributed by atoms with van der Waals surface area (Å²) in [6, 6.07) is 3.12. The lowest BCUT2D eigenvalue weighted by Gasteiger charge is -2.00. The van der Waals surface area contributed by atoms with E-state index in [1.807, 2.05) is 0 Å². The van der Waals surface area contributed by atoms with Crippen LogP contribution in [0, 0.1) is 15.2 Å². The smallest absolute Gasteiger partial charge is 0.172 e. The molecule has 1 aromatic rings. The number of rotatable bonds is 1. The summed E-state index contributed by atoms with van der Waals surface area (Å²) in [6.45, 7) is 0. The van der Waals surface area contributed by atoms with Crippen molar-refractivity contribution in [3.63, 3.8) is 0 Å². The highest BCUT2D eigenvalue weighted by molar-refractivity contribution is 14.1. The molecule has 0 radical (unpaired) electrons. The van der Waals surface area contributed by atoms with E-state index in [-0.39, 0.29) is 0 Å². The van der Waals surface area contributed by atoms with E-state index in [1.54, 1.807) is 34.7 Å². The van der Waals surface area contributed by atoms with Gasteiger partial charge in [0, 0.05) is 10.9 Å². The van der Waals surface area contributed by atoms with Crippen molar-refractivity contribution >= 4 is 38.5 Å². The molecule has 0 spiro atoms. The molecule has 60 valence electrons. The van der Waals surface area contributed by atoms with Gasteiger partial charge in [0.1, 0.15) is 0 Å². The molecule has 0 aliphatic carbocycles. The highest BCUT2D eigenvalue weighted by Gasteiger charge is 2.09. The van der Waals surface area contributed by atoms with Crippen LogP contribution in [-0.4, -0.2) is 0 Å². The third-order valence-electron chi connectivity index (χ3n) is 1.26. The van der Waals surface area contributed by atoms with Gasteiger partial charge < -0.3 is 0 Å². The second-order valence-electron chi connectivity index (χ2n) is 1.97. The van der Waals surface area contributed by atoms with Crippen LogP contribution >= 0.6 is 38.5 Å². The summed E-state index contributed by atoms with van der Waals surface area (Å²) in [4.78, 5) is 0. The number of alkyl halides is 1. The monoisotopic (exact) mass is 332 g/mol. The summed E-state index contributed by atoms with van der Waals surface area (Å²) in [6.07, 6.45) is 0. The SMILES string of the molecule is Fc1c(I)ccc(CBr)c1F. The van der Waals surface area contributed by atoms with Crippen LogP contribution < -0.4 is 0 Å². The minimum Gasteiger partial charge on any atom is -0.203 e. The molecule has 0 aliphatic heterocycles. The van der Waals surface area contributed by atoms with E-state index in [4.69, 9.17) is 0 Å². The third-order valence-corrected chi connectivity index (χ3v) is 2.70. The average molecular weight is 333 g/mol. The van der Waals surface area contributed by atoms with Crippen molar-refractivity contribution in [2.45, 2.75) is 5.33 Å². The molecule has 0 aromatic heterocycles. The van der Waals surface area contributed by atoms with E-state index in [1.165, 1.54) is 0 Å². The maximum Gasteiger partial charge on any atom is 0.172 e. The molecule has 11 heavy (non-hydrogen) atoms. The minimum atomic E-state index is -0.762. The first-order valence-corrected chi connectivity index (χ1v) is 5.05. The Morgan fingerprint density at radius 2 is 1.91 bits per heavy atom. The van der Waals surface area contributed by atoms with Crippen molar-refractivity contribution < 1.29 is 8.78 Å². The van der Waals surface area contributed by atoms with Gasteiger partial charge in [0.15, 0.2) is 11.6 Å². The predicted molar refractivity (Wildman–Crippen MR) is 51.7 cm³/mol. The zero-order valence-electron chi connectivity index (χ0n) is 5.37. The lowest BCUT2D eigenvalue weighted by Crippen LogP contribution is -1.93. The van der Waals surface area contributed by atoms with Gasteiger partial charge >= 0.3 is 0 Å². The number of halogens is 4. The molecule has 1 aromatic carbocycles. The molecular weight excluding hydrogens is 329 g/mol. The van der Waals surface area contributed by atoms with Gasteiger partial charge in [-0.25, -0.2) is 8.78 Å². The second kappa shape index (κ2) is 3.80. The Bertz CT molecular complexity index is 275. The van der Waals surface area contributed by atoms with E-state index < -0.39 is 11.6 Å². The summed E-state index contributed by atoms with van der Waals surface area (Å²) in [5, 5.41) is 0.340. The highest BCUT2D eigenvalue weighted by Crippen LogP contribution is 2.19. The van der Waals surface area contributed by atoms with Gasteiger partial charge in [-0.2, -0.15) is 0 Å². The molecule has 0 heterocycles. The Labute approximate surface area is 85.3 Å². The van der Waals surface area contributed by atoms with Crippen LogP contribution in [-0.2, 0) is 5.33 Å². The molecule has 0 atom stereocenters. The van der Waals surface area contributed by atoms with Gasteiger partial charge in [0.25, 0.3) is 0 Å².